The Bertz CT molecular complexity index is 1000. The van der Waals surface area contributed by atoms with Gasteiger partial charge in [0.1, 0.15) is 5.69 Å². The normalized spacial score (nSPS) is 12.8. The van der Waals surface area contributed by atoms with Crippen LogP contribution in [0.2, 0.25) is 0 Å². The molecule has 0 saturated carbocycles. The van der Waals surface area contributed by atoms with Gasteiger partial charge in [-0.2, -0.15) is 18.3 Å². The summed E-state index contributed by atoms with van der Waals surface area (Å²) < 4.78 is 44.6. The Morgan fingerprint density at radius 1 is 1.21 bits per heavy atom. The third-order valence-electron chi connectivity index (χ3n) is 4.02. The summed E-state index contributed by atoms with van der Waals surface area (Å²) in [5.41, 5.74) is 0.755. The number of nitro groups is 1. The second kappa shape index (κ2) is 7.35. The molecule has 3 aromatic heterocycles. The van der Waals surface area contributed by atoms with E-state index in [1.807, 2.05) is 0 Å². The SMILES string of the molecule is COC(c1ccc(-n2cc(-c3ccnc(C)c3[N+](=O)[O-])cn2)nc1)C(F)(F)F. The maximum atomic E-state index is 12.9. The highest BCUT2D eigenvalue weighted by molar-refractivity contribution is 5.73. The molecule has 146 valence electrons. The monoisotopic (exact) mass is 393 g/mol. The molecule has 11 heteroatoms. The number of pyridine rings is 2. The van der Waals surface area contributed by atoms with Gasteiger partial charge in [0.15, 0.2) is 11.9 Å². The largest absolute Gasteiger partial charge is 0.418 e. The lowest BCUT2D eigenvalue weighted by molar-refractivity contribution is -0.385. The van der Waals surface area contributed by atoms with Crippen LogP contribution in [0.1, 0.15) is 17.4 Å². The van der Waals surface area contributed by atoms with E-state index in [1.165, 1.54) is 48.4 Å². The number of hydrogen-bond acceptors (Lipinski definition) is 6. The van der Waals surface area contributed by atoms with Gasteiger partial charge in [-0.3, -0.25) is 15.1 Å². The zero-order valence-electron chi connectivity index (χ0n) is 14.7. The topological polar surface area (TPSA) is 96.0 Å². The Labute approximate surface area is 156 Å². The first kappa shape index (κ1) is 19.4. The molecule has 8 nitrogen and oxygen atoms in total. The fraction of sp³-hybridized carbons (Fsp3) is 0.235. The summed E-state index contributed by atoms with van der Waals surface area (Å²) in [5, 5.41) is 15.4. The molecule has 0 bridgehead atoms. The molecule has 0 aliphatic heterocycles. The second-order valence-electron chi connectivity index (χ2n) is 5.83. The van der Waals surface area contributed by atoms with Gasteiger partial charge in [-0.25, -0.2) is 9.67 Å². The van der Waals surface area contributed by atoms with Gasteiger partial charge in [-0.1, -0.05) is 6.07 Å². The molecular formula is C17H14F3N5O3. The fourth-order valence-corrected chi connectivity index (χ4v) is 2.76. The lowest BCUT2D eigenvalue weighted by atomic mass is 10.1. The summed E-state index contributed by atoms with van der Waals surface area (Å²) in [6.45, 7) is 1.53. The van der Waals surface area contributed by atoms with Crippen LogP contribution in [-0.4, -0.2) is 38.0 Å². The summed E-state index contributed by atoms with van der Waals surface area (Å²) in [6.07, 6.45) is -1.23. The van der Waals surface area contributed by atoms with Crippen LogP contribution in [0.5, 0.6) is 0 Å². The molecule has 0 radical (unpaired) electrons. The van der Waals surface area contributed by atoms with Crippen molar-refractivity contribution < 1.29 is 22.8 Å². The smallest absolute Gasteiger partial charge is 0.367 e. The Morgan fingerprint density at radius 3 is 2.54 bits per heavy atom. The van der Waals surface area contributed by atoms with Crippen LogP contribution in [0.3, 0.4) is 0 Å². The Balaban J connectivity index is 1.94. The first-order valence-corrected chi connectivity index (χ1v) is 7.93. The van der Waals surface area contributed by atoms with Crippen LogP contribution in [0.4, 0.5) is 18.9 Å². The minimum Gasteiger partial charge on any atom is -0.367 e. The summed E-state index contributed by atoms with van der Waals surface area (Å²) in [6, 6.07) is 4.09. The lowest BCUT2D eigenvalue weighted by Gasteiger charge is -2.18. The highest BCUT2D eigenvalue weighted by Gasteiger charge is 2.41. The van der Waals surface area contributed by atoms with E-state index >= 15 is 0 Å². The van der Waals surface area contributed by atoms with Gasteiger partial charge in [0.25, 0.3) is 5.69 Å². The molecule has 1 unspecified atom stereocenters. The van der Waals surface area contributed by atoms with Crippen LogP contribution in [0.15, 0.2) is 43.0 Å². The molecule has 28 heavy (non-hydrogen) atoms. The zero-order valence-corrected chi connectivity index (χ0v) is 14.7. The maximum absolute atomic E-state index is 12.9. The molecule has 0 aliphatic rings. The summed E-state index contributed by atoms with van der Waals surface area (Å²) in [4.78, 5) is 18.7. The van der Waals surface area contributed by atoms with Crippen molar-refractivity contribution in [2.45, 2.75) is 19.2 Å². The Morgan fingerprint density at radius 2 is 1.96 bits per heavy atom. The van der Waals surface area contributed by atoms with Crippen LogP contribution in [0.25, 0.3) is 16.9 Å². The standard InChI is InChI=1S/C17H14F3N5O3/c1-10-15(25(26)27)13(5-6-21-10)12-8-23-24(9-12)14-4-3-11(7-22-14)16(28-2)17(18,19)20/h3-9,16H,1-2H3. The Hall–Kier alpha value is -3.34. The van der Waals surface area contributed by atoms with E-state index in [4.69, 9.17) is 0 Å². The van der Waals surface area contributed by atoms with Crippen molar-refractivity contribution >= 4 is 5.69 Å². The van der Waals surface area contributed by atoms with Crippen molar-refractivity contribution in [3.8, 4) is 16.9 Å². The number of methoxy groups -OCH3 is 1. The summed E-state index contributed by atoms with van der Waals surface area (Å²) >= 11 is 0. The molecule has 0 aliphatic carbocycles. The van der Waals surface area contributed by atoms with Gasteiger partial charge in [0, 0.05) is 36.8 Å². The van der Waals surface area contributed by atoms with E-state index in [9.17, 15) is 23.3 Å². The maximum Gasteiger partial charge on any atom is 0.418 e. The van der Waals surface area contributed by atoms with Gasteiger partial charge in [0.05, 0.1) is 16.7 Å². The van der Waals surface area contributed by atoms with E-state index in [2.05, 4.69) is 19.8 Å². The molecule has 0 fully saturated rings. The van der Waals surface area contributed by atoms with Crippen molar-refractivity contribution in [2.75, 3.05) is 7.11 Å². The Kier molecular flexibility index (Phi) is 5.10. The molecule has 0 aromatic carbocycles. The van der Waals surface area contributed by atoms with Crippen LogP contribution in [0, 0.1) is 17.0 Å². The molecule has 0 spiro atoms. The molecule has 3 heterocycles. The van der Waals surface area contributed by atoms with E-state index in [0.717, 1.165) is 13.3 Å². The molecule has 0 amide bonds. The average Bonchev–Trinajstić information content (AvgIpc) is 3.11. The first-order chi connectivity index (χ1) is 13.2. The number of aryl methyl sites for hydroxylation is 1. The number of hydrogen-bond donors (Lipinski definition) is 0. The molecular weight excluding hydrogens is 379 g/mol. The predicted octanol–water partition coefficient (Wildman–Crippen LogP) is 3.80. The number of nitrogens with zero attached hydrogens (tertiary/aromatic N) is 5. The minimum atomic E-state index is -4.56. The van der Waals surface area contributed by atoms with E-state index in [-0.39, 0.29) is 22.8 Å². The number of halogens is 3. The zero-order chi connectivity index (χ0) is 20.5. The number of rotatable bonds is 5. The third kappa shape index (κ3) is 3.69. The van der Waals surface area contributed by atoms with Crippen LogP contribution >= 0.6 is 0 Å². The van der Waals surface area contributed by atoms with Gasteiger partial charge < -0.3 is 4.74 Å². The van der Waals surface area contributed by atoms with Gasteiger partial charge in [-0.05, 0) is 19.1 Å². The van der Waals surface area contributed by atoms with Gasteiger partial charge >= 0.3 is 6.18 Å². The van der Waals surface area contributed by atoms with Crippen molar-refractivity contribution in [3.05, 3.63) is 64.4 Å². The van der Waals surface area contributed by atoms with Gasteiger partial charge in [-0.15, -0.1) is 0 Å². The van der Waals surface area contributed by atoms with E-state index in [0.29, 0.717) is 11.1 Å². The number of alkyl halides is 3. The molecule has 3 aromatic rings. The quantitative estimate of drug-likeness (QED) is 0.483. The highest BCUT2D eigenvalue weighted by Crippen LogP contribution is 2.35. The molecule has 0 N–H and O–H groups in total. The van der Waals surface area contributed by atoms with E-state index in [1.54, 1.807) is 0 Å². The fourth-order valence-electron chi connectivity index (χ4n) is 2.76. The van der Waals surface area contributed by atoms with Gasteiger partial charge in [0.2, 0.25) is 0 Å². The predicted molar refractivity (Wildman–Crippen MR) is 91.8 cm³/mol. The lowest BCUT2D eigenvalue weighted by Crippen LogP contribution is -2.22. The minimum absolute atomic E-state index is 0.140. The van der Waals surface area contributed by atoms with Crippen molar-refractivity contribution in [3.63, 3.8) is 0 Å². The van der Waals surface area contributed by atoms with Crippen molar-refractivity contribution in [1.29, 1.82) is 0 Å². The van der Waals surface area contributed by atoms with Crippen LogP contribution in [-0.2, 0) is 4.74 Å². The van der Waals surface area contributed by atoms with E-state index < -0.39 is 17.2 Å². The molecule has 3 rings (SSSR count). The number of aromatic nitrogens is 4. The average molecular weight is 393 g/mol. The number of ether oxygens (including phenoxy) is 1. The second-order valence-corrected chi connectivity index (χ2v) is 5.83. The molecule has 1 atom stereocenters. The van der Waals surface area contributed by atoms with Crippen molar-refractivity contribution in [1.82, 2.24) is 19.7 Å². The summed E-state index contributed by atoms with van der Waals surface area (Å²) in [5.74, 6) is 0.250. The highest BCUT2D eigenvalue weighted by atomic mass is 19.4. The van der Waals surface area contributed by atoms with Crippen LogP contribution < -0.4 is 0 Å². The van der Waals surface area contributed by atoms with Crippen molar-refractivity contribution in [2.24, 2.45) is 0 Å². The molecule has 0 saturated heterocycles. The third-order valence-corrected chi connectivity index (χ3v) is 4.02. The summed E-state index contributed by atoms with van der Waals surface area (Å²) in [7, 11) is 0.968. The first-order valence-electron chi connectivity index (χ1n) is 7.93.